The number of anilines is 1. The lowest BCUT2D eigenvalue weighted by Gasteiger charge is -2.18. The number of rotatable bonds is 8. The van der Waals surface area contributed by atoms with E-state index in [1.54, 1.807) is 12.1 Å². The number of nitrogens with zero attached hydrogens (tertiary/aromatic N) is 4. The Hall–Kier alpha value is -3.11. The topological polar surface area (TPSA) is 83.0 Å². The van der Waals surface area contributed by atoms with Gasteiger partial charge in [-0.15, -0.1) is 10.2 Å². The molecule has 0 aliphatic rings. The SMILES string of the molecule is CC(Cc1nnc(SCC(=O)N(CC#N)c2ccccc2)o1)c1ccccc1. The van der Waals surface area contributed by atoms with Gasteiger partial charge in [-0.25, -0.2) is 0 Å². The molecule has 1 amide bonds. The van der Waals surface area contributed by atoms with Crippen LogP contribution in [-0.4, -0.2) is 28.4 Å². The number of carbonyl (C=O) groups is 1. The van der Waals surface area contributed by atoms with E-state index >= 15 is 0 Å². The average molecular weight is 392 g/mol. The summed E-state index contributed by atoms with van der Waals surface area (Å²) in [6, 6.07) is 21.3. The van der Waals surface area contributed by atoms with Gasteiger partial charge >= 0.3 is 0 Å². The van der Waals surface area contributed by atoms with Crippen molar-refractivity contribution in [2.75, 3.05) is 17.2 Å². The third-order valence-electron chi connectivity index (χ3n) is 4.21. The zero-order valence-electron chi connectivity index (χ0n) is 15.5. The average Bonchev–Trinajstić information content (AvgIpc) is 3.19. The fourth-order valence-electron chi connectivity index (χ4n) is 2.74. The lowest BCUT2D eigenvalue weighted by molar-refractivity contribution is -0.116. The molecule has 0 aliphatic carbocycles. The van der Waals surface area contributed by atoms with Gasteiger partial charge in [0.05, 0.1) is 11.8 Å². The number of hydrogen-bond donors (Lipinski definition) is 0. The van der Waals surface area contributed by atoms with Crippen molar-refractivity contribution in [2.24, 2.45) is 0 Å². The molecule has 0 radical (unpaired) electrons. The highest BCUT2D eigenvalue weighted by Crippen LogP contribution is 2.23. The Labute approximate surface area is 168 Å². The molecule has 6 nitrogen and oxygen atoms in total. The first-order valence-corrected chi connectivity index (χ1v) is 9.88. The van der Waals surface area contributed by atoms with Crippen molar-refractivity contribution >= 4 is 23.4 Å². The van der Waals surface area contributed by atoms with Crippen molar-refractivity contribution in [3.63, 3.8) is 0 Å². The summed E-state index contributed by atoms with van der Waals surface area (Å²) in [4.78, 5) is 14.0. The molecule has 0 aliphatic heterocycles. The maximum absolute atomic E-state index is 12.5. The van der Waals surface area contributed by atoms with E-state index in [9.17, 15) is 4.79 Å². The van der Waals surface area contributed by atoms with E-state index in [2.05, 4.69) is 29.3 Å². The lowest BCUT2D eigenvalue weighted by atomic mass is 9.98. The number of aromatic nitrogens is 2. The van der Waals surface area contributed by atoms with Crippen LogP contribution in [0.15, 0.2) is 70.3 Å². The second-order valence-electron chi connectivity index (χ2n) is 6.24. The molecule has 0 bridgehead atoms. The van der Waals surface area contributed by atoms with Gasteiger partial charge in [0.25, 0.3) is 5.22 Å². The van der Waals surface area contributed by atoms with Gasteiger partial charge in [-0.05, 0) is 23.6 Å². The molecule has 3 aromatic rings. The van der Waals surface area contributed by atoms with E-state index in [-0.39, 0.29) is 24.1 Å². The number of hydrogen-bond acceptors (Lipinski definition) is 6. The Balaban J connectivity index is 1.57. The third kappa shape index (κ3) is 5.21. The fourth-order valence-corrected chi connectivity index (χ4v) is 3.40. The van der Waals surface area contributed by atoms with Gasteiger partial charge in [0.1, 0.15) is 6.54 Å². The number of carbonyl (C=O) groups excluding carboxylic acids is 1. The van der Waals surface area contributed by atoms with Gasteiger partial charge in [-0.2, -0.15) is 5.26 Å². The first-order valence-electron chi connectivity index (χ1n) is 8.90. The van der Waals surface area contributed by atoms with Gasteiger partial charge in [-0.1, -0.05) is 67.2 Å². The minimum absolute atomic E-state index is 0.00686. The maximum Gasteiger partial charge on any atom is 0.277 e. The highest BCUT2D eigenvalue weighted by Gasteiger charge is 2.18. The molecule has 0 N–H and O–H groups in total. The molecule has 0 fully saturated rings. The zero-order valence-corrected chi connectivity index (χ0v) is 16.3. The Morgan fingerprint density at radius 2 is 1.82 bits per heavy atom. The van der Waals surface area contributed by atoms with E-state index in [1.165, 1.54) is 22.2 Å². The molecule has 1 aromatic heterocycles. The predicted molar refractivity (Wildman–Crippen MR) is 108 cm³/mol. The first-order chi connectivity index (χ1) is 13.7. The van der Waals surface area contributed by atoms with Gasteiger partial charge in [0, 0.05) is 12.1 Å². The molecule has 0 saturated heterocycles. The molecule has 0 spiro atoms. The molecular weight excluding hydrogens is 372 g/mol. The Bertz CT molecular complexity index is 938. The summed E-state index contributed by atoms with van der Waals surface area (Å²) in [5.74, 6) is 0.732. The van der Waals surface area contributed by atoms with Gasteiger partial charge in [0.15, 0.2) is 0 Å². The van der Waals surface area contributed by atoms with Crippen molar-refractivity contribution in [1.29, 1.82) is 5.26 Å². The van der Waals surface area contributed by atoms with Crippen LogP contribution >= 0.6 is 11.8 Å². The van der Waals surface area contributed by atoms with E-state index in [4.69, 9.17) is 9.68 Å². The van der Waals surface area contributed by atoms with Crippen molar-refractivity contribution in [1.82, 2.24) is 10.2 Å². The van der Waals surface area contributed by atoms with Crippen LogP contribution in [0.4, 0.5) is 5.69 Å². The van der Waals surface area contributed by atoms with Gasteiger partial charge in [-0.3, -0.25) is 9.69 Å². The molecule has 142 valence electrons. The third-order valence-corrected chi connectivity index (χ3v) is 5.02. The largest absolute Gasteiger partial charge is 0.416 e. The van der Waals surface area contributed by atoms with Crippen molar-refractivity contribution in [3.05, 3.63) is 72.1 Å². The molecule has 0 saturated carbocycles. The van der Waals surface area contributed by atoms with Crippen LogP contribution in [-0.2, 0) is 11.2 Å². The van der Waals surface area contributed by atoms with Crippen LogP contribution in [0.5, 0.6) is 0 Å². The van der Waals surface area contributed by atoms with Crippen LogP contribution < -0.4 is 4.90 Å². The standard InChI is InChI=1S/C21H20N4O2S/c1-16(17-8-4-2-5-9-17)14-19-23-24-21(27-19)28-15-20(26)25(13-12-22)18-10-6-3-7-11-18/h2-11,16H,13-15H2,1H3. The van der Waals surface area contributed by atoms with Gasteiger partial charge < -0.3 is 4.42 Å². The number of nitriles is 1. The summed E-state index contributed by atoms with van der Waals surface area (Å²) in [6.45, 7) is 2.10. The number of benzene rings is 2. The fraction of sp³-hybridized carbons (Fsp3) is 0.238. The quantitative estimate of drug-likeness (QED) is 0.425. The molecule has 1 unspecified atom stereocenters. The summed E-state index contributed by atoms with van der Waals surface area (Å²) < 4.78 is 5.68. The predicted octanol–water partition coefficient (Wildman–Crippen LogP) is 4.06. The summed E-state index contributed by atoms with van der Waals surface area (Å²) in [5.41, 5.74) is 1.90. The van der Waals surface area contributed by atoms with Crippen LogP contribution in [0.1, 0.15) is 24.3 Å². The second-order valence-corrected chi connectivity index (χ2v) is 7.17. The minimum Gasteiger partial charge on any atom is -0.416 e. The summed E-state index contributed by atoms with van der Waals surface area (Å²) >= 11 is 1.18. The zero-order chi connectivity index (χ0) is 19.8. The molecular formula is C21H20N4O2S. The van der Waals surface area contributed by atoms with E-state index in [0.29, 0.717) is 23.2 Å². The highest BCUT2D eigenvalue weighted by molar-refractivity contribution is 7.99. The van der Waals surface area contributed by atoms with E-state index in [1.807, 2.05) is 42.5 Å². The second kappa shape index (κ2) is 9.72. The molecule has 2 aromatic carbocycles. The van der Waals surface area contributed by atoms with E-state index < -0.39 is 0 Å². The van der Waals surface area contributed by atoms with Gasteiger partial charge in [0.2, 0.25) is 11.8 Å². The van der Waals surface area contributed by atoms with Crippen molar-refractivity contribution in [2.45, 2.75) is 24.5 Å². The normalized spacial score (nSPS) is 11.6. The van der Waals surface area contributed by atoms with Crippen molar-refractivity contribution < 1.29 is 9.21 Å². The number of thioether (sulfide) groups is 1. The molecule has 3 rings (SSSR count). The van der Waals surface area contributed by atoms with Crippen LogP contribution in [0.25, 0.3) is 0 Å². The molecule has 1 atom stereocenters. The Morgan fingerprint density at radius 1 is 1.14 bits per heavy atom. The number of para-hydroxylation sites is 1. The van der Waals surface area contributed by atoms with Crippen LogP contribution in [0.2, 0.25) is 0 Å². The lowest BCUT2D eigenvalue weighted by Crippen LogP contribution is -2.32. The molecule has 1 heterocycles. The Morgan fingerprint density at radius 3 is 2.50 bits per heavy atom. The summed E-state index contributed by atoms with van der Waals surface area (Å²) in [5, 5.41) is 17.5. The smallest absolute Gasteiger partial charge is 0.277 e. The molecule has 28 heavy (non-hydrogen) atoms. The highest BCUT2D eigenvalue weighted by atomic mass is 32.2. The maximum atomic E-state index is 12.5. The molecule has 7 heteroatoms. The summed E-state index contributed by atoms with van der Waals surface area (Å²) in [6.07, 6.45) is 0.635. The van der Waals surface area contributed by atoms with E-state index in [0.717, 1.165) is 0 Å². The van der Waals surface area contributed by atoms with Crippen molar-refractivity contribution in [3.8, 4) is 6.07 Å². The monoisotopic (exact) mass is 392 g/mol. The summed E-state index contributed by atoms with van der Waals surface area (Å²) in [7, 11) is 0. The minimum atomic E-state index is -0.185. The van der Waals surface area contributed by atoms with Crippen LogP contribution in [0.3, 0.4) is 0 Å². The first kappa shape index (κ1) is 19.6. The number of amides is 1. The van der Waals surface area contributed by atoms with Crippen LogP contribution in [0, 0.1) is 11.3 Å². The Kier molecular flexibility index (Phi) is 6.82.